The fourth-order valence-corrected chi connectivity index (χ4v) is 5.47. The topological polar surface area (TPSA) is 105 Å². The van der Waals surface area contributed by atoms with Crippen LogP contribution in [0.15, 0.2) is 48.5 Å². The summed E-state index contributed by atoms with van der Waals surface area (Å²) in [4.78, 5) is 35.6. The molecule has 0 aliphatic heterocycles. The minimum atomic E-state index is -3.85. The number of nitrogens with one attached hydrogen (secondary N) is 2. The molecular formula is C25H24F2N2O5. The van der Waals surface area contributed by atoms with Crippen molar-refractivity contribution < 1.29 is 33.0 Å². The number of benzene rings is 2. The monoisotopic (exact) mass is 470 g/mol. The van der Waals surface area contributed by atoms with Crippen LogP contribution >= 0.6 is 0 Å². The van der Waals surface area contributed by atoms with Gasteiger partial charge in [0.2, 0.25) is 0 Å². The van der Waals surface area contributed by atoms with E-state index in [0.717, 1.165) is 22.3 Å². The lowest BCUT2D eigenvalue weighted by Gasteiger charge is -2.21. The number of carboxylic acids is 1. The van der Waals surface area contributed by atoms with Crippen molar-refractivity contribution >= 4 is 18.0 Å². The maximum atomic E-state index is 14.3. The molecule has 0 radical (unpaired) electrons. The number of alkyl carbamates (subject to hydrolysis) is 1. The molecule has 0 bridgehead atoms. The van der Waals surface area contributed by atoms with Gasteiger partial charge in [0.05, 0.1) is 12.0 Å². The van der Waals surface area contributed by atoms with E-state index in [1.165, 1.54) is 0 Å². The Kier molecular flexibility index (Phi) is 5.30. The van der Waals surface area contributed by atoms with Crippen molar-refractivity contribution in [3.05, 3.63) is 59.7 Å². The van der Waals surface area contributed by atoms with Crippen LogP contribution in [0.2, 0.25) is 0 Å². The lowest BCUT2D eigenvalue weighted by molar-refractivity contribution is -0.147. The van der Waals surface area contributed by atoms with E-state index in [-0.39, 0.29) is 24.9 Å². The van der Waals surface area contributed by atoms with Gasteiger partial charge >= 0.3 is 18.0 Å². The first-order valence-electron chi connectivity index (χ1n) is 11.2. The zero-order valence-corrected chi connectivity index (χ0v) is 18.2. The molecule has 0 saturated heterocycles. The predicted octanol–water partition coefficient (Wildman–Crippen LogP) is 3.53. The van der Waals surface area contributed by atoms with Gasteiger partial charge in [-0.2, -0.15) is 8.78 Å². The number of carbonyl (C=O) groups is 3. The quantitative estimate of drug-likeness (QED) is 0.574. The Labute approximate surface area is 194 Å². The summed E-state index contributed by atoms with van der Waals surface area (Å²) in [5.41, 5.74) is 3.20. The number of aliphatic carboxylic acids is 1. The zero-order chi connectivity index (χ0) is 24.1. The predicted molar refractivity (Wildman–Crippen MR) is 117 cm³/mol. The normalized spacial score (nSPS) is 24.5. The number of amides is 2. The standard InChI is InChI=1S/C25H24F2N2O5/c26-25(27,21(30)29-15-9-14-10-24(14,11-15)22(31)32)13-28-23(33)34-12-20-18-7-3-1-5-16(18)17-6-2-4-8-19(17)20/h1-8,14-15,20H,9-13H2,(H,28,33)(H,29,30)(H,31,32). The molecule has 9 heteroatoms. The largest absolute Gasteiger partial charge is 0.481 e. The van der Waals surface area contributed by atoms with Gasteiger partial charge in [-0.25, -0.2) is 4.79 Å². The zero-order valence-electron chi connectivity index (χ0n) is 18.2. The first-order valence-corrected chi connectivity index (χ1v) is 11.2. The van der Waals surface area contributed by atoms with Gasteiger partial charge in [0.1, 0.15) is 6.61 Å². The van der Waals surface area contributed by atoms with Crippen LogP contribution in [-0.4, -0.2) is 48.2 Å². The molecule has 3 aliphatic carbocycles. The lowest BCUT2D eigenvalue weighted by atomic mass is 9.98. The number of ether oxygens (including phenoxy) is 1. The first kappa shape index (κ1) is 22.3. The van der Waals surface area contributed by atoms with Gasteiger partial charge in [-0.1, -0.05) is 48.5 Å². The highest BCUT2D eigenvalue weighted by Crippen LogP contribution is 2.63. The van der Waals surface area contributed by atoms with Gasteiger partial charge in [0.25, 0.3) is 5.91 Å². The van der Waals surface area contributed by atoms with E-state index in [2.05, 4.69) is 5.32 Å². The molecule has 2 aromatic rings. The van der Waals surface area contributed by atoms with E-state index in [1.54, 1.807) is 0 Å². The van der Waals surface area contributed by atoms with E-state index in [9.17, 15) is 28.3 Å². The van der Waals surface area contributed by atoms with Crippen molar-refractivity contribution in [2.75, 3.05) is 13.2 Å². The molecule has 2 amide bonds. The summed E-state index contributed by atoms with van der Waals surface area (Å²) in [6, 6.07) is 14.9. The van der Waals surface area contributed by atoms with Crippen molar-refractivity contribution in [3.8, 4) is 11.1 Å². The third-order valence-corrected chi connectivity index (χ3v) is 7.30. The summed E-state index contributed by atoms with van der Waals surface area (Å²) < 4.78 is 33.9. The van der Waals surface area contributed by atoms with Crippen LogP contribution < -0.4 is 10.6 Å². The van der Waals surface area contributed by atoms with E-state index >= 15 is 0 Å². The Morgan fingerprint density at radius 3 is 2.24 bits per heavy atom. The van der Waals surface area contributed by atoms with Crippen LogP contribution in [0, 0.1) is 11.3 Å². The van der Waals surface area contributed by atoms with Crippen molar-refractivity contribution in [3.63, 3.8) is 0 Å². The Morgan fingerprint density at radius 1 is 1.03 bits per heavy atom. The van der Waals surface area contributed by atoms with Crippen molar-refractivity contribution in [1.29, 1.82) is 0 Å². The highest BCUT2D eigenvalue weighted by Gasteiger charge is 2.65. The molecule has 3 atom stereocenters. The molecule has 34 heavy (non-hydrogen) atoms. The van der Waals surface area contributed by atoms with Gasteiger partial charge < -0.3 is 20.5 Å². The van der Waals surface area contributed by atoms with Crippen LogP contribution in [0.1, 0.15) is 36.3 Å². The van der Waals surface area contributed by atoms with Crippen LogP contribution in [0.25, 0.3) is 11.1 Å². The van der Waals surface area contributed by atoms with Crippen molar-refractivity contribution in [2.24, 2.45) is 11.3 Å². The fraction of sp³-hybridized carbons (Fsp3) is 0.400. The van der Waals surface area contributed by atoms with Gasteiger partial charge in [0.15, 0.2) is 0 Å². The lowest BCUT2D eigenvalue weighted by Crippen LogP contribution is -2.51. The SMILES string of the molecule is O=C(NCC(F)(F)C(=O)NC1CC2CC2(C(=O)O)C1)OCC1c2ccccc2-c2ccccc21. The molecule has 0 aromatic heterocycles. The highest BCUT2D eigenvalue weighted by atomic mass is 19.3. The van der Waals surface area contributed by atoms with Crippen LogP contribution in [0.4, 0.5) is 13.6 Å². The van der Waals surface area contributed by atoms with Gasteiger partial charge in [-0.3, -0.25) is 9.59 Å². The summed E-state index contributed by atoms with van der Waals surface area (Å²) in [7, 11) is 0. The van der Waals surface area contributed by atoms with Gasteiger partial charge in [0, 0.05) is 12.0 Å². The molecule has 5 rings (SSSR count). The van der Waals surface area contributed by atoms with Crippen LogP contribution in [0.3, 0.4) is 0 Å². The third kappa shape index (κ3) is 3.78. The van der Waals surface area contributed by atoms with Crippen molar-refractivity contribution in [2.45, 2.75) is 37.1 Å². The molecular weight excluding hydrogens is 446 g/mol. The summed E-state index contributed by atoms with van der Waals surface area (Å²) in [5, 5.41) is 13.5. The number of carbonyl (C=O) groups excluding carboxylic acids is 2. The Hall–Kier alpha value is -3.49. The number of alkyl halides is 2. The van der Waals surface area contributed by atoms with E-state index < -0.39 is 41.9 Å². The second-order valence-corrected chi connectivity index (χ2v) is 9.36. The molecule has 3 aliphatic rings. The first-order chi connectivity index (χ1) is 16.2. The average molecular weight is 470 g/mol. The molecule has 2 saturated carbocycles. The smallest absolute Gasteiger partial charge is 0.407 e. The Bertz CT molecular complexity index is 1120. The van der Waals surface area contributed by atoms with Crippen LogP contribution in [0.5, 0.6) is 0 Å². The average Bonchev–Trinajstić information content (AvgIpc) is 3.25. The summed E-state index contributed by atoms with van der Waals surface area (Å²) in [6.45, 7) is -1.24. The molecule has 0 spiro atoms. The summed E-state index contributed by atoms with van der Waals surface area (Å²) in [5.74, 6) is -6.62. The number of carboxylic acid groups (broad SMARTS) is 1. The van der Waals surface area contributed by atoms with E-state index in [1.807, 2.05) is 53.8 Å². The van der Waals surface area contributed by atoms with E-state index in [0.29, 0.717) is 12.8 Å². The number of rotatable bonds is 7. The molecule has 2 fully saturated rings. The molecule has 3 unspecified atom stereocenters. The summed E-state index contributed by atoms with van der Waals surface area (Å²) >= 11 is 0. The molecule has 3 N–H and O–H groups in total. The molecule has 178 valence electrons. The summed E-state index contributed by atoms with van der Waals surface area (Å²) in [6.07, 6.45) is -0.00180. The van der Waals surface area contributed by atoms with Crippen molar-refractivity contribution in [1.82, 2.24) is 10.6 Å². The molecule has 7 nitrogen and oxygen atoms in total. The number of hydrogen-bond donors (Lipinski definition) is 3. The maximum Gasteiger partial charge on any atom is 0.407 e. The second-order valence-electron chi connectivity index (χ2n) is 9.36. The molecule has 0 heterocycles. The number of hydrogen-bond acceptors (Lipinski definition) is 4. The maximum absolute atomic E-state index is 14.3. The Morgan fingerprint density at radius 2 is 1.65 bits per heavy atom. The number of fused-ring (bicyclic) bond motifs is 4. The fourth-order valence-electron chi connectivity index (χ4n) is 5.47. The van der Waals surface area contributed by atoms with Gasteiger partial charge in [-0.15, -0.1) is 0 Å². The Balaban J connectivity index is 1.13. The third-order valence-electron chi connectivity index (χ3n) is 7.30. The van der Waals surface area contributed by atoms with Gasteiger partial charge in [-0.05, 0) is 47.4 Å². The van der Waals surface area contributed by atoms with Crippen LogP contribution in [-0.2, 0) is 14.3 Å². The minimum Gasteiger partial charge on any atom is -0.481 e. The van der Waals surface area contributed by atoms with E-state index in [4.69, 9.17) is 4.74 Å². The number of halogens is 2. The molecule has 2 aromatic carbocycles. The minimum absolute atomic E-state index is 0.0294. The second kappa shape index (κ2) is 8.07. The highest BCUT2D eigenvalue weighted by molar-refractivity contribution is 5.85.